The van der Waals surface area contributed by atoms with E-state index in [1.165, 1.54) is 12.1 Å². The van der Waals surface area contributed by atoms with Crippen LogP contribution in [0.4, 0.5) is 18.9 Å². The third-order valence-electron chi connectivity index (χ3n) is 5.47. The van der Waals surface area contributed by atoms with E-state index in [9.17, 15) is 13.2 Å². The zero-order valence-electron chi connectivity index (χ0n) is 17.1. The predicted octanol–water partition coefficient (Wildman–Crippen LogP) is 5.83. The Bertz CT molecular complexity index is 850. The molecule has 0 spiro atoms. The molecule has 0 bridgehead atoms. The van der Waals surface area contributed by atoms with E-state index in [0.29, 0.717) is 28.8 Å². The summed E-state index contributed by atoms with van der Waals surface area (Å²) in [6.45, 7) is 3.77. The zero-order chi connectivity index (χ0) is 21.9. The third kappa shape index (κ3) is 5.82. The summed E-state index contributed by atoms with van der Waals surface area (Å²) in [5.74, 6) is 0. The van der Waals surface area contributed by atoms with Crippen LogP contribution >= 0.6 is 23.2 Å². The molecule has 1 aliphatic rings. The highest BCUT2D eigenvalue weighted by Gasteiger charge is 2.31. The van der Waals surface area contributed by atoms with Gasteiger partial charge in [0.05, 0.1) is 15.6 Å². The molecule has 1 heterocycles. The monoisotopic (exact) mass is 459 g/mol. The fourth-order valence-corrected chi connectivity index (χ4v) is 4.14. The van der Waals surface area contributed by atoms with Gasteiger partial charge in [-0.05, 0) is 63.0 Å². The van der Waals surface area contributed by atoms with Gasteiger partial charge in [0.25, 0.3) is 0 Å². The van der Waals surface area contributed by atoms with Crippen molar-refractivity contribution < 1.29 is 13.2 Å². The Morgan fingerprint density at radius 2 is 1.67 bits per heavy atom. The Morgan fingerprint density at radius 1 is 0.967 bits per heavy atom. The van der Waals surface area contributed by atoms with E-state index >= 15 is 0 Å². The number of rotatable bonds is 6. The first-order valence-electron chi connectivity index (χ1n) is 9.91. The Morgan fingerprint density at radius 3 is 2.27 bits per heavy atom. The molecular weight excluding hydrogens is 434 g/mol. The van der Waals surface area contributed by atoms with Crippen LogP contribution < -0.4 is 4.90 Å². The fraction of sp³-hybridized carbons (Fsp3) is 0.455. The van der Waals surface area contributed by atoms with Crippen LogP contribution in [0.2, 0.25) is 10.0 Å². The minimum Gasteiger partial charge on any atom is -0.369 e. The molecule has 8 heteroatoms. The molecule has 0 aromatic heterocycles. The molecule has 1 aliphatic heterocycles. The number of halogens is 5. The summed E-state index contributed by atoms with van der Waals surface area (Å²) in [6.07, 6.45) is -3.41. The average Bonchev–Trinajstić information content (AvgIpc) is 2.70. The number of anilines is 1. The molecule has 0 amide bonds. The van der Waals surface area contributed by atoms with Crippen LogP contribution in [0.1, 0.15) is 23.6 Å². The molecule has 1 saturated heterocycles. The zero-order valence-corrected chi connectivity index (χ0v) is 18.6. The first kappa shape index (κ1) is 23.2. The van der Waals surface area contributed by atoms with Gasteiger partial charge >= 0.3 is 6.18 Å². The molecule has 3 nitrogen and oxygen atoms in total. The molecule has 0 radical (unpaired) electrons. The summed E-state index contributed by atoms with van der Waals surface area (Å²) in [7, 11) is 4.08. The Hall–Kier alpha value is -1.47. The van der Waals surface area contributed by atoms with E-state index in [1.54, 1.807) is 6.07 Å². The van der Waals surface area contributed by atoms with Gasteiger partial charge in [0, 0.05) is 37.9 Å². The summed E-state index contributed by atoms with van der Waals surface area (Å²) >= 11 is 12.3. The van der Waals surface area contributed by atoms with Crippen molar-refractivity contribution in [3.63, 3.8) is 0 Å². The van der Waals surface area contributed by atoms with Crippen molar-refractivity contribution in [3.05, 3.63) is 63.6 Å². The topological polar surface area (TPSA) is 9.72 Å². The van der Waals surface area contributed by atoms with Gasteiger partial charge in [-0.2, -0.15) is 13.2 Å². The fourth-order valence-electron chi connectivity index (χ4n) is 3.83. The number of hydrogen-bond acceptors (Lipinski definition) is 3. The summed E-state index contributed by atoms with van der Waals surface area (Å²) in [6, 6.07) is 11.5. The smallest absolute Gasteiger partial charge is 0.369 e. The van der Waals surface area contributed by atoms with Gasteiger partial charge in [0.1, 0.15) is 0 Å². The second-order valence-corrected chi connectivity index (χ2v) is 8.67. The third-order valence-corrected chi connectivity index (χ3v) is 6.21. The van der Waals surface area contributed by atoms with E-state index in [4.69, 9.17) is 23.2 Å². The van der Waals surface area contributed by atoms with Gasteiger partial charge in [0.15, 0.2) is 0 Å². The maximum Gasteiger partial charge on any atom is 0.416 e. The van der Waals surface area contributed by atoms with Gasteiger partial charge < -0.3 is 9.80 Å². The predicted molar refractivity (Wildman–Crippen MR) is 118 cm³/mol. The van der Waals surface area contributed by atoms with Gasteiger partial charge in [-0.1, -0.05) is 35.3 Å². The second-order valence-electron chi connectivity index (χ2n) is 7.85. The maximum atomic E-state index is 13.1. The van der Waals surface area contributed by atoms with Crippen LogP contribution in [0.15, 0.2) is 42.5 Å². The van der Waals surface area contributed by atoms with Gasteiger partial charge in [-0.3, -0.25) is 4.90 Å². The lowest BCUT2D eigenvalue weighted by atomic mass is 10.0. The van der Waals surface area contributed by atoms with Crippen LogP contribution in [0.5, 0.6) is 0 Å². The Kier molecular flexibility index (Phi) is 7.56. The lowest BCUT2D eigenvalue weighted by Gasteiger charge is -2.41. The van der Waals surface area contributed by atoms with E-state index < -0.39 is 11.7 Å². The largest absolute Gasteiger partial charge is 0.416 e. The molecule has 30 heavy (non-hydrogen) atoms. The van der Waals surface area contributed by atoms with Gasteiger partial charge in [-0.15, -0.1) is 0 Å². The molecule has 1 fully saturated rings. The first-order valence-corrected chi connectivity index (χ1v) is 10.7. The van der Waals surface area contributed by atoms with Crippen molar-refractivity contribution in [1.82, 2.24) is 9.80 Å². The van der Waals surface area contributed by atoms with Crippen LogP contribution in [0.25, 0.3) is 0 Å². The van der Waals surface area contributed by atoms with Gasteiger partial charge in [0.2, 0.25) is 0 Å². The Labute approximate surface area is 186 Å². The minimum atomic E-state index is -4.33. The summed E-state index contributed by atoms with van der Waals surface area (Å²) in [4.78, 5) is 6.54. The number of benzene rings is 2. The number of piperazine rings is 1. The highest BCUT2D eigenvalue weighted by atomic mass is 35.5. The van der Waals surface area contributed by atoms with E-state index in [0.717, 1.165) is 37.7 Å². The molecule has 1 unspecified atom stereocenters. The second kappa shape index (κ2) is 9.77. The molecule has 0 aliphatic carbocycles. The van der Waals surface area contributed by atoms with Gasteiger partial charge in [-0.25, -0.2) is 0 Å². The highest BCUT2D eigenvalue weighted by Crippen LogP contribution is 2.34. The summed E-state index contributed by atoms with van der Waals surface area (Å²) < 4.78 is 39.2. The summed E-state index contributed by atoms with van der Waals surface area (Å²) in [5.41, 5.74) is 1.12. The first-order chi connectivity index (χ1) is 14.1. The van der Waals surface area contributed by atoms with Crippen molar-refractivity contribution in [2.24, 2.45) is 0 Å². The number of alkyl halides is 3. The molecule has 2 aromatic rings. The van der Waals surface area contributed by atoms with E-state index in [-0.39, 0.29) is 6.04 Å². The Balaban J connectivity index is 1.73. The standard InChI is InChI=1S/C22H26Cl2F3N3/c1-28(2)9-8-21(16-6-7-19(23)20(24)14-16)30-12-10-29(11-13-30)18-5-3-4-17(15-18)22(25,26)27/h3-7,14-15,21H,8-13H2,1-2H3. The van der Waals surface area contributed by atoms with Crippen molar-refractivity contribution in [1.29, 1.82) is 0 Å². The van der Waals surface area contributed by atoms with Crippen LogP contribution in [0.3, 0.4) is 0 Å². The van der Waals surface area contributed by atoms with Crippen LogP contribution in [0, 0.1) is 0 Å². The lowest BCUT2D eigenvalue weighted by molar-refractivity contribution is -0.137. The molecule has 164 valence electrons. The SMILES string of the molecule is CN(C)CCC(c1ccc(Cl)c(Cl)c1)N1CCN(c2cccc(C(F)(F)F)c2)CC1. The lowest BCUT2D eigenvalue weighted by Crippen LogP contribution is -2.48. The number of nitrogens with zero attached hydrogens (tertiary/aromatic N) is 3. The average molecular weight is 460 g/mol. The number of hydrogen-bond donors (Lipinski definition) is 0. The molecule has 3 rings (SSSR count). The molecular formula is C22H26Cl2F3N3. The normalized spacial score (nSPS) is 16.9. The highest BCUT2D eigenvalue weighted by molar-refractivity contribution is 6.42. The van der Waals surface area contributed by atoms with Crippen molar-refractivity contribution in [2.75, 3.05) is 51.7 Å². The van der Waals surface area contributed by atoms with Crippen molar-refractivity contribution >= 4 is 28.9 Å². The van der Waals surface area contributed by atoms with E-state index in [1.807, 2.05) is 37.2 Å². The van der Waals surface area contributed by atoms with Crippen molar-refractivity contribution in [3.8, 4) is 0 Å². The van der Waals surface area contributed by atoms with Crippen LogP contribution in [-0.2, 0) is 6.18 Å². The van der Waals surface area contributed by atoms with Crippen molar-refractivity contribution in [2.45, 2.75) is 18.6 Å². The molecule has 0 saturated carbocycles. The minimum absolute atomic E-state index is 0.172. The quantitative estimate of drug-likeness (QED) is 0.538. The van der Waals surface area contributed by atoms with E-state index in [2.05, 4.69) is 9.80 Å². The van der Waals surface area contributed by atoms with Crippen LogP contribution in [-0.4, -0.2) is 56.6 Å². The molecule has 2 aromatic carbocycles. The molecule has 0 N–H and O–H groups in total. The summed E-state index contributed by atoms with van der Waals surface area (Å²) in [5, 5.41) is 1.06. The maximum absolute atomic E-state index is 13.1. The molecule has 1 atom stereocenters.